The molecule has 1 unspecified atom stereocenters. The van der Waals surface area contributed by atoms with E-state index in [1.165, 1.54) is 51.9 Å². The van der Waals surface area contributed by atoms with Crippen LogP contribution in [0.4, 0.5) is 5.82 Å². The number of piperazine rings is 1. The van der Waals surface area contributed by atoms with E-state index in [9.17, 15) is 0 Å². The first-order chi connectivity index (χ1) is 10.8. The lowest BCUT2D eigenvalue weighted by molar-refractivity contribution is 0.106. The van der Waals surface area contributed by atoms with Crippen molar-refractivity contribution in [3.8, 4) is 0 Å². The van der Waals surface area contributed by atoms with Gasteiger partial charge in [-0.3, -0.25) is 4.90 Å². The zero-order valence-corrected chi connectivity index (χ0v) is 13.6. The lowest BCUT2D eigenvalue weighted by Crippen LogP contribution is -2.54. The van der Waals surface area contributed by atoms with Crippen molar-refractivity contribution in [2.45, 2.75) is 37.6 Å². The highest BCUT2D eigenvalue weighted by Gasteiger charge is 2.29. The molecule has 1 atom stereocenters. The molecule has 5 nitrogen and oxygen atoms in total. The van der Waals surface area contributed by atoms with E-state index in [1.54, 1.807) is 0 Å². The molecule has 0 amide bonds. The number of hydrogen-bond acceptors (Lipinski definition) is 5. The van der Waals surface area contributed by atoms with Crippen molar-refractivity contribution in [2.75, 3.05) is 51.2 Å². The van der Waals surface area contributed by atoms with E-state index in [1.807, 2.05) is 6.20 Å². The van der Waals surface area contributed by atoms with Gasteiger partial charge in [0.2, 0.25) is 0 Å². The summed E-state index contributed by atoms with van der Waals surface area (Å²) in [5, 5.41) is 0. The number of hydrogen-bond donors (Lipinski definition) is 0. The molecule has 5 heteroatoms. The van der Waals surface area contributed by atoms with Gasteiger partial charge in [0.15, 0.2) is 0 Å². The van der Waals surface area contributed by atoms with Crippen LogP contribution in [0.5, 0.6) is 0 Å². The predicted molar refractivity (Wildman–Crippen MR) is 88.3 cm³/mol. The Labute approximate surface area is 133 Å². The fourth-order valence-corrected chi connectivity index (χ4v) is 3.83. The summed E-state index contributed by atoms with van der Waals surface area (Å²) in [6.07, 6.45) is 7.19. The fraction of sp³-hybridized carbons (Fsp3) is 0.765. The van der Waals surface area contributed by atoms with Crippen molar-refractivity contribution >= 4 is 5.82 Å². The first-order valence-corrected chi connectivity index (χ1v) is 8.80. The molecule has 4 rings (SSSR count). The molecular weight excluding hydrogens is 274 g/mol. The van der Waals surface area contributed by atoms with E-state index in [0.717, 1.165) is 30.8 Å². The third-order valence-electron chi connectivity index (χ3n) is 5.36. The van der Waals surface area contributed by atoms with Crippen LogP contribution < -0.4 is 4.90 Å². The first kappa shape index (κ1) is 14.4. The molecule has 3 aliphatic rings. The van der Waals surface area contributed by atoms with Gasteiger partial charge >= 0.3 is 0 Å². The highest BCUT2D eigenvalue weighted by Crippen LogP contribution is 2.38. The van der Waals surface area contributed by atoms with Crippen molar-refractivity contribution in [3.63, 3.8) is 0 Å². The van der Waals surface area contributed by atoms with Gasteiger partial charge in [0.05, 0.1) is 0 Å². The number of nitrogens with zero attached hydrogens (tertiary/aromatic N) is 5. The number of likely N-dealkylation sites (tertiary alicyclic amines) is 1. The van der Waals surface area contributed by atoms with Gasteiger partial charge < -0.3 is 9.80 Å². The number of anilines is 1. The molecule has 0 bridgehead atoms. The SMILES string of the molecule is CN1CCCC(N2CCN(c3ccnc(C4CC4)n3)CC2)C1. The Morgan fingerprint density at radius 1 is 1.05 bits per heavy atom. The van der Waals surface area contributed by atoms with Gasteiger partial charge in [0.1, 0.15) is 11.6 Å². The zero-order valence-electron chi connectivity index (χ0n) is 13.6. The number of rotatable bonds is 3. The van der Waals surface area contributed by atoms with Gasteiger partial charge in [-0.25, -0.2) is 9.97 Å². The van der Waals surface area contributed by atoms with Crippen LogP contribution in [0.1, 0.15) is 37.4 Å². The molecule has 3 heterocycles. The lowest BCUT2D eigenvalue weighted by Gasteiger charge is -2.43. The third-order valence-corrected chi connectivity index (χ3v) is 5.36. The van der Waals surface area contributed by atoms with Crippen molar-refractivity contribution in [1.82, 2.24) is 19.8 Å². The van der Waals surface area contributed by atoms with Crippen LogP contribution in [0.15, 0.2) is 12.3 Å². The molecule has 3 fully saturated rings. The molecule has 0 aromatic carbocycles. The summed E-state index contributed by atoms with van der Waals surface area (Å²) in [4.78, 5) is 16.8. The maximum Gasteiger partial charge on any atom is 0.133 e. The molecule has 120 valence electrons. The van der Waals surface area contributed by atoms with E-state index in [4.69, 9.17) is 4.98 Å². The minimum absolute atomic E-state index is 0.638. The van der Waals surface area contributed by atoms with E-state index in [0.29, 0.717) is 5.92 Å². The molecule has 0 N–H and O–H groups in total. The molecule has 1 saturated carbocycles. The van der Waals surface area contributed by atoms with Crippen LogP contribution in [0.3, 0.4) is 0 Å². The maximum absolute atomic E-state index is 4.80. The summed E-state index contributed by atoms with van der Waals surface area (Å²) >= 11 is 0. The third kappa shape index (κ3) is 3.10. The Bertz CT molecular complexity index is 508. The average Bonchev–Trinajstić information content (AvgIpc) is 3.40. The number of aromatic nitrogens is 2. The van der Waals surface area contributed by atoms with Crippen LogP contribution >= 0.6 is 0 Å². The van der Waals surface area contributed by atoms with Gasteiger partial charge in [-0.2, -0.15) is 0 Å². The largest absolute Gasteiger partial charge is 0.354 e. The quantitative estimate of drug-likeness (QED) is 0.847. The van der Waals surface area contributed by atoms with Crippen LogP contribution in [0.2, 0.25) is 0 Å². The molecule has 1 aromatic heterocycles. The lowest BCUT2D eigenvalue weighted by atomic mass is 10.0. The molecular formula is C17H27N5. The summed E-state index contributed by atoms with van der Waals surface area (Å²) < 4.78 is 0. The predicted octanol–water partition coefficient (Wildman–Crippen LogP) is 1.57. The second kappa shape index (κ2) is 6.13. The van der Waals surface area contributed by atoms with E-state index in [2.05, 4.69) is 32.8 Å². The standard InChI is InChI=1S/C17H27N5/c1-20-8-2-3-15(13-20)21-9-11-22(12-10-21)16-6-7-18-17(19-16)14-4-5-14/h6-7,14-15H,2-5,8-13H2,1H3. The second-order valence-electron chi connectivity index (χ2n) is 7.13. The van der Waals surface area contributed by atoms with E-state index < -0.39 is 0 Å². The average molecular weight is 301 g/mol. The number of likely N-dealkylation sites (N-methyl/N-ethyl adjacent to an activating group) is 1. The van der Waals surface area contributed by atoms with Crippen LogP contribution in [-0.4, -0.2) is 72.1 Å². The van der Waals surface area contributed by atoms with Gasteiger partial charge in [0, 0.05) is 50.9 Å². The van der Waals surface area contributed by atoms with Gasteiger partial charge in [-0.05, 0) is 45.3 Å². The highest BCUT2D eigenvalue weighted by atomic mass is 15.3. The fourth-order valence-electron chi connectivity index (χ4n) is 3.83. The van der Waals surface area contributed by atoms with Crippen molar-refractivity contribution in [3.05, 3.63) is 18.1 Å². The normalized spacial score (nSPS) is 28.0. The van der Waals surface area contributed by atoms with E-state index in [-0.39, 0.29) is 0 Å². The Morgan fingerprint density at radius 2 is 1.86 bits per heavy atom. The summed E-state index contributed by atoms with van der Waals surface area (Å²) in [5.41, 5.74) is 0. The Kier molecular flexibility index (Phi) is 4.01. The number of piperidine rings is 1. The van der Waals surface area contributed by atoms with Gasteiger partial charge in [0.25, 0.3) is 0 Å². The molecule has 2 aliphatic heterocycles. The maximum atomic E-state index is 4.80. The summed E-state index contributed by atoms with van der Waals surface area (Å²) in [6.45, 7) is 7.03. The Morgan fingerprint density at radius 3 is 2.59 bits per heavy atom. The highest BCUT2D eigenvalue weighted by molar-refractivity contribution is 5.38. The van der Waals surface area contributed by atoms with Crippen molar-refractivity contribution in [1.29, 1.82) is 0 Å². The monoisotopic (exact) mass is 301 g/mol. The summed E-state index contributed by atoms with van der Waals surface area (Å²) in [5.74, 6) is 2.84. The minimum Gasteiger partial charge on any atom is -0.354 e. The van der Waals surface area contributed by atoms with E-state index >= 15 is 0 Å². The minimum atomic E-state index is 0.638. The van der Waals surface area contributed by atoms with Crippen LogP contribution in [0.25, 0.3) is 0 Å². The zero-order chi connectivity index (χ0) is 14.9. The Hall–Kier alpha value is -1.20. The molecule has 22 heavy (non-hydrogen) atoms. The summed E-state index contributed by atoms with van der Waals surface area (Å²) in [6, 6.07) is 2.84. The smallest absolute Gasteiger partial charge is 0.133 e. The summed E-state index contributed by atoms with van der Waals surface area (Å²) in [7, 11) is 2.25. The van der Waals surface area contributed by atoms with Crippen LogP contribution in [-0.2, 0) is 0 Å². The molecule has 1 aliphatic carbocycles. The van der Waals surface area contributed by atoms with Crippen molar-refractivity contribution in [2.24, 2.45) is 0 Å². The molecule has 2 saturated heterocycles. The molecule has 0 radical (unpaired) electrons. The van der Waals surface area contributed by atoms with Gasteiger partial charge in [-0.15, -0.1) is 0 Å². The Balaban J connectivity index is 1.36. The molecule has 0 spiro atoms. The van der Waals surface area contributed by atoms with Crippen LogP contribution in [0, 0.1) is 0 Å². The first-order valence-electron chi connectivity index (χ1n) is 8.80. The topological polar surface area (TPSA) is 35.5 Å². The molecule has 1 aromatic rings. The van der Waals surface area contributed by atoms with Gasteiger partial charge in [-0.1, -0.05) is 0 Å². The second-order valence-corrected chi connectivity index (χ2v) is 7.13. The van der Waals surface area contributed by atoms with Crippen molar-refractivity contribution < 1.29 is 0 Å².